The zero-order chi connectivity index (χ0) is 15.1. The summed E-state index contributed by atoms with van der Waals surface area (Å²) in [6.07, 6.45) is 4.41. The summed E-state index contributed by atoms with van der Waals surface area (Å²) in [5, 5.41) is 0. The van der Waals surface area contributed by atoms with Crippen LogP contribution in [0.5, 0.6) is 0 Å². The lowest BCUT2D eigenvalue weighted by molar-refractivity contribution is -0.132. The topological polar surface area (TPSA) is 29.5 Å². The van der Waals surface area contributed by atoms with Crippen molar-refractivity contribution in [2.75, 3.05) is 19.7 Å². The normalized spacial score (nSPS) is 20.0. The van der Waals surface area contributed by atoms with Crippen LogP contribution >= 0.6 is 0 Å². The van der Waals surface area contributed by atoms with Gasteiger partial charge in [0.25, 0.3) is 0 Å². The van der Waals surface area contributed by atoms with Crippen LogP contribution in [0.3, 0.4) is 0 Å². The SMILES string of the molecule is C=C/C=C(\C=C)C(=O)C1CN(Cc2ccccc2)CCO1. The van der Waals surface area contributed by atoms with Gasteiger partial charge in [-0.2, -0.15) is 0 Å². The van der Waals surface area contributed by atoms with Crippen molar-refractivity contribution in [3.63, 3.8) is 0 Å². The molecule has 1 aliphatic heterocycles. The van der Waals surface area contributed by atoms with E-state index >= 15 is 0 Å². The quantitative estimate of drug-likeness (QED) is 0.594. The van der Waals surface area contributed by atoms with Crippen LogP contribution < -0.4 is 0 Å². The van der Waals surface area contributed by atoms with Gasteiger partial charge < -0.3 is 4.74 Å². The molecule has 1 aromatic carbocycles. The average Bonchev–Trinajstić information content (AvgIpc) is 2.53. The fraction of sp³-hybridized carbons (Fsp3) is 0.278. The summed E-state index contributed by atoms with van der Waals surface area (Å²) in [5.41, 5.74) is 1.80. The van der Waals surface area contributed by atoms with Crippen molar-refractivity contribution in [3.05, 3.63) is 72.9 Å². The number of ether oxygens (including phenoxy) is 1. The molecule has 0 bridgehead atoms. The Hall–Kier alpha value is -1.97. The Morgan fingerprint density at radius 3 is 2.76 bits per heavy atom. The maximum absolute atomic E-state index is 12.4. The number of hydrogen-bond acceptors (Lipinski definition) is 3. The highest BCUT2D eigenvalue weighted by Gasteiger charge is 2.27. The van der Waals surface area contributed by atoms with Gasteiger partial charge in [-0.3, -0.25) is 9.69 Å². The second-order valence-electron chi connectivity index (χ2n) is 5.01. The Labute approximate surface area is 126 Å². The van der Waals surface area contributed by atoms with Crippen molar-refractivity contribution in [1.29, 1.82) is 0 Å². The van der Waals surface area contributed by atoms with E-state index in [1.807, 2.05) is 18.2 Å². The van der Waals surface area contributed by atoms with Gasteiger partial charge in [-0.25, -0.2) is 0 Å². The first-order valence-corrected chi connectivity index (χ1v) is 7.12. The lowest BCUT2D eigenvalue weighted by Crippen LogP contribution is -2.45. The molecule has 1 heterocycles. The number of allylic oxidation sites excluding steroid dienone is 3. The molecule has 0 aliphatic carbocycles. The number of morpholine rings is 1. The van der Waals surface area contributed by atoms with E-state index in [4.69, 9.17) is 4.74 Å². The van der Waals surface area contributed by atoms with Crippen LogP contribution in [0.2, 0.25) is 0 Å². The first kappa shape index (κ1) is 15.4. The van der Waals surface area contributed by atoms with Crippen LogP contribution in [0, 0.1) is 0 Å². The molecular formula is C18H21NO2. The summed E-state index contributed by atoms with van der Waals surface area (Å²) >= 11 is 0. The highest BCUT2D eigenvalue weighted by Crippen LogP contribution is 2.14. The highest BCUT2D eigenvalue weighted by atomic mass is 16.5. The van der Waals surface area contributed by atoms with E-state index in [2.05, 4.69) is 30.2 Å². The van der Waals surface area contributed by atoms with E-state index in [1.165, 1.54) is 5.56 Å². The Balaban J connectivity index is 2.00. The number of benzene rings is 1. The molecule has 1 saturated heterocycles. The number of Topliss-reactive ketones (excluding diaryl/α,β-unsaturated/α-hetero) is 1. The molecule has 0 N–H and O–H groups in total. The largest absolute Gasteiger partial charge is 0.367 e. The van der Waals surface area contributed by atoms with E-state index in [0.29, 0.717) is 18.7 Å². The minimum absolute atomic E-state index is 0.0253. The summed E-state index contributed by atoms with van der Waals surface area (Å²) in [5.74, 6) is -0.0253. The van der Waals surface area contributed by atoms with Gasteiger partial charge in [0.05, 0.1) is 6.61 Å². The number of nitrogens with zero attached hydrogens (tertiary/aromatic N) is 1. The molecule has 3 nitrogen and oxygen atoms in total. The van der Waals surface area contributed by atoms with Gasteiger partial charge in [-0.05, 0) is 5.56 Å². The Bertz CT molecular complexity index is 533. The summed E-state index contributed by atoms with van der Waals surface area (Å²) in [4.78, 5) is 14.6. The number of ketones is 1. The summed E-state index contributed by atoms with van der Waals surface area (Å²) in [6, 6.07) is 10.3. The lowest BCUT2D eigenvalue weighted by Gasteiger charge is -2.32. The molecule has 110 valence electrons. The number of carbonyl (C=O) groups excluding carboxylic acids is 1. The third-order valence-corrected chi connectivity index (χ3v) is 3.49. The number of hydrogen-bond donors (Lipinski definition) is 0. The Morgan fingerprint density at radius 1 is 1.33 bits per heavy atom. The molecule has 0 saturated carbocycles. The molecule has 0 aromatic heterocycles. The van der Waals surface area contributed by atoms with Gasteiger partial charge in [0.1, 0.15) is 6.10 Å². The first-order valence-electron chi connectivity index (χ1n) is 7.12. The zero-order valence-corrected chi connectivity index (χ0v) is 12.2. The van der Waals surface area contributed by atoms with Crippen LogP contribution in [-0.4, -0.2) is 36.5 Å². The Morgan fingerprint density at radius 2 is 2.10 bits per heavy atom. The molecule has 1 atom stereocenters. The van der Waals surface area contributed by atoms with Crippen molar-refractivity contribution in [2.24, 2.45) is 0 Å². The molecular weight excluding hydrogens is 262 g/mol. The minimum atomic E-state index is -0.424. The smallest absolute Gasteiger partial charge is 0.192 e. The minimum Gasteiger partial charge on any atom is -0.367 e. The molecule has 0 spiro atoms. The maximum Gasteiger partial charge on any atom is 0.192 e. The van der Waals surface area contributed by atoms with Crippen LogP contribution in [0.15, 0.2) is 67.3 Å². The van der Waals surface area contributed by atoms with Gasteiger partial charge in [0.15, 0.2) is 5.78 Å². The summed E-state index contributed by atoms with van der Waals surface area (Å²) < 4.78 is 5.62. The van der Waals surface area contributed by atoms with E-state index in [-0.39, 0.29) is 5.78 Å². The highest BCUT2D eigenvalue weighted by molar-refractivity contribution is 6.01. The molecule has 1 unspecified atom stereocenters. The fourth-order valence-corrected chi connectivity index (χ4v) is 2.41. The van der Waals surface area contributed by atoms with Crippen molar-refractivity contribution in [3.8, 4) is 0 Å². The predicted octanol–water partition coefficient (Wildman–Crippen LogP) is 2.75. The van der Waals surface area contributed by atoms with Crippen LogP contribution in [-0.2, 0) is 16.1 Å². The zero-order valence-electron chi connectivity index (χ0n) is 12.2. The van der Waals surface area contributed by atoms with Crippen molar-refractivity contribution < 1.29 is 9.53 Å². The summed E-state index contributed by atoms with van der Waals surface area (Å²) in [6.45, 7) is 10.2. The van der Waals surface area contributed by atoms with Crippen molar-refractivity contribution in [2.45, 2.75) is 12.6 Å². The average molecular weight is 283 g/mol. The van der Waals surface area contributed by atoms with E-state index in [9.17, 15) is 4.79 Å². The van der Waals surface area contributed by atoms with E-state index in [0.717, 1.165) is 13.1 Å². The summed E-state index contributed by atoms with van der Waals surface area (Å²) in [7, 11) is 0. The standard InChI is InChI=1S/C18H21NO2/c1-3-8-16(4-2)18(20)17-14-19(11-12-21-17)13-15-9-6-5-7-10-15/h3-10,17H,1-2,11-14H2/b16-8+. The molecule has 0 amide bonds. The molecule has 3 heteroatoms. The van der Waals surface area contributed by atoms with Gasteiger partial charge >= 0.3 is 0 Å². The van der Waals surface area contributed by atoms with Crippen molar-refractivity contribution in [1.82, 2.24) is 4.90 Å². The van der Waals surface area contributed by atoms with Crippen LogP contribution in [0.25, 0.3) is 0 Å². The van der Waals surface area contributed by atoms with Crippen LogP contribution in [0.1, 0.15) is 5.56 Å². The van der Waals surface area contributed by atoms with Gasteiger partial charge in [-0.15, -0.1) is 0 Å². The van der Waals surface area contributed by atoms with Crippen molar-refractivity contribution >= 4 is 5.78 Å². The molecule has 1 aromatic rings. The molecule has 2 rings (SSSR count). The number of carbonyl (C=O) groups is 1. The predicted molar refractivity (Wildman–Crippen MR) is 84.9 cm³/mol. The number of rotatable bonds is 6. The Kier molecular flexibility index (Phi) is 5.67. The van der Waals surface area contributed by atoms with E-state index < -0.39 is 6.10 Å². The van der Waals surface area contributed by atoms with E-state index in [1.54, 1.807) is 18.2 Å². The van der Waals surface area contributed by atoms with Crippen LogP contribution in [0.4, 0.5) is 0 Å². The molecule has 0 radical (unpaired) electrons. The third-order valence-electron chi connectivity index (χ3n) is 3.49. The maximum atomic E-state index is 12.4. The second-order valence-corrected chi connectivity index (χ2v) is 5.01. The molecule has 21 heavy (non-hydrogen) atoms. The third kappa shape index (κ3) is 4.25. The van der Waals surface area contributed by atoms with Gasteiger partial charge in [-0.1, -0.05) is 61.7 Å². The van der Waals surface area contributed by atoms with Gasteiger partial charge in [0, 0.05) is 25.2 Å². The fourth-order valence-electron chi connectivity index (χ4n) is 2.41. The first-order chi connectivity index (χ1) is 10.2. The second kappa shape index (κ2) is 7.72. The monoisotopic (exact) mass is 283 g/mol. The lowest BCUT2D eigenvalue weighted by atomic mass is 10.0. The molecule has 1 fully saturated rings. The molecule has 1 aliphatic rings. The van der Waals surface area contributed by atoms with Gasteiger partial charge in [0.2, 0.25) is 0 Å².